The Balaban J connectivity index is 2.23. The van der Waals surface area contributed by atoms with Crippen molar-refractivity contribution in [2.75, 3.05) is 12.3 Å². The van der Waals surface area contributed by atoms with E-state index in [9.17, 15) is 0 Å². The summed E-state index contributed by atoms with van der Waals surface area (Å²) >= 11 is 2.15. The maximum absolute atomic E-state index is 3.77. The van der Waals surface area contributed by atoms with Crippen LogP contribution in [0.15, 0.2) is 18.2 Å². The summed E-state index contributed by atoms with van der Waals surface area (Å²) < 4.78 is 0. The van der Waals surface area contributed by atoms with Crippen LogP contribution < -0.4 is 5.32 Å². The molecule has 1 aromatic carbocycles. The first-order valence-electron chi connectivity index (χ1n) is 7.15. The maximum Gasteiger partial charge on any atom is 0.0443 e. The summed E-state index contributed by atoms with van der Waals surface area (Å²) in [6, 6.07) is 7.28. The molecule has 0 aliphatic carbocycles. The van der Waals surface area contributed by atoms with Gasteiger partial charge < -0.3 is 5.32 Å². The number of hydrogen-bond acceptors (Lipinski definition) is 2. The molecule has 1 aliphatic heterocycles. The largest absolute Gasteiger partial charge is 0.309 e. The van der Waals surface area contributed by atoms with Gasteiger partial charge in [-0.3, -0.25) is 0 Å². The zero-order valence-corrected chi connectivity index (χ0v) is 12.6. The molecule has 100 valence electrons. The first kappa shape index (κ1) is 14.0. The Kier molecular flexibility index (Phi) is 5.13. The summed E-state index contributed by atoms with van der Waals surface area (Å²) in [5, 5.41) is 4.54. The molecule has 0 aromatic heterocycles. The molecule has 1 N–H and O–H groups in total. The average molecular weight is 263 g/mol. The fraction of sp³-hybridized carbons (Fsp3) is 0.625. The van der Waals surface area contributed by atoms with Gasteiger partial charge in [0.25, 0.3) is 0 Å². The van der Waals surface area contributed by atoms with Crippen LogP contribution in [0.4, 0.5) is 0 Å². The average Bonchev–Trinajstić information content (AvgIpc) is 2.88. The fourth-order valence-corrected chi connectivity index (χ4v) is 4.12. The topological polar surface area (TPSA) is 12.0 Å². The molecule has 1 fully saturated rings. The number of aryl methyl sites for hydroxylation is 1. The summed E-state index contributed by atoms with van der Waals surface area (Å²) in [5.41, 5.74) is 4.40. The molecular weight excluding hydrogens is 238 g/mol. The Morgan fingerprint density at radius 2 is 2.22 bits per heavy atom. The predicted molar refractivity (Wildman–Crippen MR) is 82.4 cm³/mol. The van der Waals surface area contributed by atoms with Gasteiger partial charge in [-0.15, -0.1) is 0 Å². The molecule has 0 radical (unpaired) electrons. The van der Waals surface area contributed by atoms with E-state index in [0.717, 1.165) is 11.8 Å². The Morgan fingerprint density at radius 1 is 1.39 bits per heavy atom. The van der Waals surface area contributed by atoms with Crippen molar-refractivity contribution in [3.8, 4) is 0 Å². The summed E-state index contributed by atoms with van der Waals surface area (Å²) in [4.78, 5) is 0. The van der Waals surface area contributed by atoms with Crippen molar-refractivity contribution < 1.29 is 0 Å². The summed E-state index contributed by atoms with van der Waals surface area (Å²) in [7, 11) is 0. The number of rotatable bonds is 5. The third-order valence-electron chi connectivity index (χ3n) is 3.93. The third-order valence-corrected chi connectivity index (χ3v) is 5.39. The van der Waals surface area contributed by atoms with E-state index < -0.39 is 0 Å². The Morgan fingerprint density at radius 3 is 2.89 bits per heavy atom. The number of nitrogens with one attached hydrogen (secondary N) is 1. The van der Waals surface area contributed by atoms with E-state index in [2.05, 4.69) is 56.0 Å². The molecule has 1 heterocycles. The summed E-state index contributed by atoms with van der Waals surface area (Å²) in [6.07, 6.45) is 3.95. The van der Waals surface area contributed by atoms with Crippen molar-refractivity contribution in [3.63, 3.8) is 0 Å². The van der Waals surface area contributed by atoms with Crippen LogP contribution in [0.2, 0.25) is 0 Å². The van der Waals surface area contributed by atoms with Gasteiger partial charge >= 0.3 is 0 Å². The van der Waals surface area contributed by atoms with E-state index >= 15 is 0 Å². The van der Waals surface area contributed by atoms with Crippen LogP contribution in [-0.2, 0) is 0 Å². The molecule has 2 atom stereocenters. The lowest BCUT2D eigenvalue weighted by Gasteiger charge is -2.26. The quantitative estimate of drug-likeness (QED) is 0.853. The number of hydrogen-bond donors (Lipinski definition) is 1. The first-order valence-corrected chi connectivity index (χ1v) is 8.20. The molecular formula is C16H25NS. The van der Waals surface area contributed by atoms with Crippen LogP contribution in [0, 0.1) is 13.8 Å². The maximum atomic E-state index is 3.77. The van der Waals surface area contributed by atoms with E-state index in [1.165, 1.54) is 41.7 Å². The fourth-order valence-electron chi connectivity index (χ4n) is 2.72. The molecule has 1 aromatic rings. The van der Waals surface area contributed by atoms with Crippen LogP contribution in [0.5, 0.6) is 0 Å². The highest BCUT2D eigenvalue weighted by atomic mass is 32.2. The van der Waals surface area contributed by atoms with E-state index in [0.29, 0.717) is 6.04 Å². The Hall–Kier alpha value is -0.470. The third kappa shape index (κ3) is 3.10. The van der Waals surface area contributed by atoms with Gasteiger partial charge in [0.2, 0.25) is 0 Å². The standard InChI is InChI=1S/C16H25NS/c1-4-10-17-16(15-9-6-11-18-15)14-8-5-7-12(2)13(14)3/h5,7-8,15-17H,4,6,9-11H2,1-3H3. The van der Waals surface area contributed by atoms with Gasteiger partial charge in [0.1, 0.15) is 0 Å². The summed E-state index contributed by atoms with van der Waals surface area (Å²) in [5.74, 6) is 1.33. The zero-order valence-electron chi connectivity index (χ0n) is 11.8. The molecule has 18 heavy (non-hydrogen) atoms. The zero-order chi connectivity index (χ0) is 13.0. The summed E-state index contributed by atoms with van der Waals surface area (Å²) in [6.45, 7) is 7.85. The van der Waals surface area contributed by atoms with Crippen LogP contribution in [0.3, 0.4) is 0 Å². The van der Waals surface area contributed by atoms with Crippen molar-refractivity contribution in [1.29, 1.82) is 0 Å². The first-order chi connectivity index (χ1) is 8.74. The van der Waals surface area contributed by atoms with Crippen molar-refractivity contribution in [2.24, 2.45) is 0 Å². The Labute approximate surface area is 116 Å². The van der Waals surface area contributed by atoms with Gasteiger partial charge in [-0.2, -0.15) is 11.8 Å². The monoisotopic (exact) mass is 263 g/mol. The highest BCUT2D eigenvalue weighted by molar-refractivity contribution is 8.00. The van der Waals surface area contributed by atoms with E-state index in [-0.39, 0.29) is 0 Å². The van der Waals surface area contributed by atoms with Crippen molar-refractivity contribution in [3.05, 3.63) is 34.9 Å². The highest BCUT2D eigenvalue weighted by Gasteiger charge is 2.27. The normalized spacial score (nSPS) is 21.2. The van der Waals surface area contributed by atoms with Gasteiger partial charge in [-0.05, 0) is 62.1 Å². The lowest BCUT2D eigenvalue weighted by atomic mass is 9.94. The molecule has 0 saturated carbocycles. The molecule has 0 bridgehead atoms. The molecule has 1 nitrogen and oxygen atoms in total. The molecule has 0 amide bonds. The molecule has 1 aliphatic rings. The predicted octanol–water partition coefficient (Wildman–Crippen LogP) is 4.24. The van der Waals surface area contributed by atoms with E-state index in [1.54, 1.807) is 0 Å². The van der Waals surface area contributed by atoms with Gasteiger partial charge in [0.15, 0.2) is 0 Å². The van der Waals surface area contributed by atoms with Crippen LogP contribution >= 0.6 is 11.8 Å². The molecule has 1 saturated heterocycles. The van der Waals surface area contributed by atoms with Gasteiger partial charge in [-0.25, -0.2) is 0 Å². The van der Waals surface area contributed by atoms with Crippen LogP contribution in [0.25, 0.3) is 0 Å². The second-order valence-corrected chi connectivity index (χ2v) is 6.62. The van der Waals surface area contributed by atoms with Crippen molar-refractivity contribution >= 4 is 11.8 Å². The number of benzene rings is 1. The lowest BCUT2D eigenvalue weighted by molar-refractivity contribution is 0.501. The highest BCUT2D eigenvalue weighted by Crippen LogP contribution is 2.37. The number of thioether (sulfide) groups is 1. The van der Waals surface area contributed by atoms with Crippen LogP contribution in [-0.4, -0.2) is 17.5 Å². The lowest BCUT2D eigenvalue weighted by Crippen LogP contribution is -2.30. The van der Waals surface area contributed by atoms with Crippen LogP contribution in [0.1, 0.15) is 48.9 Å². The minimum atomic E-state index is 0.539. The minimum absolute atomic E-state index is 0.539. The smallest absolute Gasteiger partial charge is 0.0443 e. The molecule has 2 rings (SSSR count). The minimum Gasteiger partial charge on any atom is -0.309 e. The van der Waals surface area contributed by atoms with Crippen molar-refractivity contribution in [1.82, 2.24) is 5.32 Å². The molecule has 2 heteroatoms. The SMILES string of the molecule is CCCNC(c1cccc(C)c1C)C1CCCS1. The Bertz CT molecular complexity index is 383. The molecule has 2 unspecified atom stereocenters. The van der Waals surface area contributed by atoms with E-state index in [4.69, 9.17) is 0 Å². The van der Waals surface area contributed by atoms with Gasteiger partial charge in [-0.1, -0.05) is 25.1 Å². The second-order valence-electron chi connectivity index (χ2n) is 5.27. The van der Waals surface area contributed by atoms with Gasteiger partial charge in [0.05, 0.1) is 0 Å². The van der Waals surface area contributed by atoms with Gasteiger partial charge in [0, 0.05) is 11.3 Å². The molecule has 0 spiro atoms. The second kappa shape index (κ2) is 6.63. The van der Waals surface area contributed by atoms with Crippen molar-refractivity contribution in [2.45, 2.75) is 51.3 Å². The van der Waals surface area contributed by atoms with E-state index in [1.807, 2.05) is 0 Å².